The third-order valence-electron chi connectivity index (χ3n) is 6.33. The van der Waals surface area contributed by atoms with Gasteiger partial charge in [0.15, 0.2) is 0 Å². The molecule has 2 aromatic rings. The van der Waals surface area contributed by atoms with Crippen molar-refractivity contribution < 1.29 is 4.79 Å². The summed E-state index contributed by atoms with van der Waals surface area (Å²) in [5, 5.41) is 0. The van der Waals surface area contributed by atoms with E-state index in [4.69, 9.17) is 4.98 Å². The Balaban J connectivity index is 1.66. The number of fused-ring (bicyclic) bond motifs is 2. The number of rotatable bonds is 2. The van der Waals surface area contributed by atoms with Crippen LogP contribution in [0, 0.1) is 13.8 Å². The highest BCUT2D eigenvalue weighted by molar-refractivity contribution is 5.96. The molecule has 2 heterocycles. The fourth-order valence-electron chi connectivity index (χ4n) is 4.60. The molecule has 1 aliphatic heterocycles. The van der Waals surface area contributed by atoms with Crippen molar-refractivity contribution >= 4 is 11.9 Å². The van der Waals surface area contributed by atoms with Crippen LogP contribution in [-0.4, -0.2) is 48.0 Å². The van der Waals surface area contributed by atoms with Gasteiger partial charge in [-0.3, -0.25) is 4.79 Å². The molecule has 1 saturated heterocycles. The monoisotopic (exact) mass is 364 g/mol. The van der Waals surface area contributed by atoms with Gasteiger partial charge in [-0.25, -0.2) is 9.97 Å². The third kappa shape index (κ3) is 2.99. The van der Waals surface area contributed by atoms with E-state index < -0.39 is 0 Å². The number of aromatic nitrogens is 2. The number of hydrogen-bond donors (Lipinski definition) is 0. The fraction of sp³-hybridized carbons (Fsp3) is 0.500. The van der Waals surface area contributed by atoms with Crippen molar-refractivity contribution in [1.82, 2.24) is 14.9 Å². The third-order valence-corrected chi connectivity index (χ3v) is 6.33. The van der Waals surface area contributed by atoms with Gasteiger partial charge in [0.25, 0.3) is 5.91 Å². The van der Waals surface area contributed by atoms with E-state index in [1.165, 1.54) is 16.8 Å². The van der Waals surface area contributed by atoms with Crippen LogP contribution in [0.2, 0.25) is 0 Å². The lowest BCUT2D eigenvalue weighted by atomic mass is 9.77. The second kappa shape index (κ2) is 6.63. The minimum atomic E-state index is -0.0192. The summed E-state index contributed by atoms with van der Waals surface area (Å²) < 4.78 is 0. The maximum atomic E-state index is 13.3. The van der Waals surface area contributed by atoms with Crippen molar-refractivity contribution in [3.8, 4) is 0 Å². The number of aryl methyl sites for hydroxylation is 2. The van der Waals surface area contributed by atoms with E-state index in [1.807, 2.05) is 44.2 Å². The molecule has 1 amide bonds. The van der Waals surface area contributed by atoms with E-state index in [1.54, 1.807) is 0 Å². The molecule has 1 aromatic carbocycles. The molecule has 1 atom stereocenters. The van der Waals surface area contributed by atoms with Crippen molar-refractivity contribution in [2.45, 2.75) is 44.9 Å². The van der Waals surface area contributed by atoms with Gasteiger partial charge in [-0.2, -0.15) is 0 Å². The fourth-order valence-corrected chi connectivity index (χ4v) is 4.60. The van der Waals surface area contributed by atoms with Crippen LogP contribution in [0.3, 0.4) is 0 Å². The van der Waals surface area contributed by atoms with Gasteiger partial charge in [-0.05, 0) is 62.3 Å². The molecule has 5 heteroatoms. The summed E-state index contributed by atoms with van der Waals surface area (Å²) in [4.78, 5) is 26.7. The average Bonchev–Trinajstić information content (AvgIpc) is 3.01. The van der Waals surface area contributed by atoms with Crippen LogP contribution >= 0.6 is 0 Å². The maximum Gasteiger partial charge on any atom is 0.254 e. The quantitative estimate of drug-likeness (QED) is 0.821. The van der Waals surface area contributed by atoms with Crippen molar-refractivity contribution in [3.05, 3.63) is 52.3 Å². The molecule has 5 nitrogen and oxygen atoms in total. The van der Waals surface area contributed by atoms with Gasteiger partial charge < -0.3 is 9.80 Å². The number of carbonyl (C=O) groups excluding carboxylic acids is 1. The molecule has 4 rings (SSSR count). The van der Waals surface area contributed by atoms with Crippen LogP contribution < -0.4 is 4.90 Å². The molecule has 0 N–H and O–H groups in total. The normalized spacial score (nSPS) is 21.4. The van der Waals surface area contributed by atoms with E-state index in [0.29, 0.717) is 0 Å². The van der Waals surface area contributed by atoms with Crippen LogP contribution in [0.25, 0.3) is 0 Å². The molecular weight excluding hydrogens is 336 g/mol. The number of hydrogen-bond acceptors (Lipinski definition) is 4. The molecule has 1 aliphatic carbocycles. The Kier molecular flexibility index (Phi) is 4.41. The van der Waals surface area contributed by atoms with Gasteiger partial charge in [-0.1, -0.05) is 12.1 Å². The first-order valence-corrected chi connectivity index (χ1v) is 9.80. The molecule has 0 bridgehead atoms. The topological polar surface area (TPSA) is 49.3 Å². The summed E-state index contributed by atoms with van der Waals surface area (Å²) in [6.07, 6.45) is 6.18. The first-order valence-electron chi connectivity index (χ1n) is 9.80. The lowest BCUT2D eigenvalue weighted by Gasteiger charge is -2.41. The summed E-state index contributed by atoms with van der Waals surface area (Å²) in [7, 11) is 3.95. The van der Waals surface area contributed by atoms with Crippen LogP contribution in [-0.2, 0) is 11.8 Å². The Morgan fingerprint density at radius 2 is 2.04 bits per heavy atom. The van der Waals surface area contributed by atoms with Gasteiger partial charge in [0, 0.05) is 44.4 Å². The molecule has 1 spiro atoms. The summed E-state index contributed by atoms with van der Waals surface area (Å²) in [6, 6.07) is 6.01. The molecule has 1 unspecified atom stereocenters. The standard InChI is InChI=1S/C22H28N4O/c1-15-7-5-8-18(16(15)2)20(27)26-12-6-10-22(14-26)11-9-17-13-23-21(25(3)4)24-19(17)22/h5,7-8,13H,6,9-12,14H2,1-4H3. The predicted octanol–water partition coefficient (Wildman–Crippen LogP) is 3.28. The number of piperidine rings is 1. The number of carbonyl (C=O) groups is 1. The molecule has 142 valence electrons. The first kappa shape index (κ1) is 18.0. The number of nitrogens with zero attached hydrogens (tertiary/aromatic N) is 4. The minimum Gasteiger partial charge on any atom is -0.347 e. The molecular formula is C22H28N4O. The highest BCUT2D eigenvalue weighted by atomic mass is 16.2. The van der Waals surface area contributed by atoms with E-state index >= 15 is 0 Å². The lowest BCUT2D eigenvalue weighted by molar-refractivity contribution is 0.0632. The molecule has 0 saturated carbocycles. The van der Waals surface area contributed by atoms with Gasteiger partial charge in [0.2, 0.25) is 5.95 Å². The van der Waals surface area contributed by atoms with Gasteiger partial charge in [0.1, 0.15) is 0 Å². The zero-order valence-electron chi connectivity index (χ0n) is 16.7. The summed E-state index contributed by atoms with van der Waals surface area (Å²) in [5.41, 5.74) is 5.49. The van der Waals surface area contributed by atoms with Crippen molar-refractivity contribution in [1.29, 1.82) is 0 Å². The van der Waals surface area contributed by atoms with Crippen molar-refractivity contribution in [3.63, 3.8) is 0 Å². The number of benzene rings is 1. The first-order chi connectivity index (χ1) is 12.9. The molecule has 27 heavy (non-hydrogen) atoms. The van der Waals surface area contributed by atoms with Crippen LogP contribution in [0.4, 0.5) is 5.95 Å². The van der Waals surface area contributed by atoms with Crippen LogP contribution in [0.5, 0.6) is 0 Å². The van der Waals surface area contributed by atoms with E-state index in [9.17, 15) is 4.79 Å². The Labute approximate surface area is 161 Å². The number of likely N-dealkylation sites (tertiary alicyclic amines) is 1. The van der Waals surface area contributed by atoms with Gasteiger partial charge in [0.05, 0.1) is 5.69 Å². The van der Waals surface area contributed by atoms with Crippen molar-refractivity contribution in [2.24, 2.45) is 0 Å². The Morgan fingerprint density at radius 1 is 1.22 bits per heavy atom. The Hall–Kier alpha value is -2.43. The van der Waals surface area contributed by atoms with E-state index in [2.05, 4.69) is 22.9 Å². The summed E-state index contributed by atoms with van der Waals surface area (Å²) >= 11 is 0. The molecule has 0 radical (unpaired) electrons. The second-order valence-corrected chi connectivity index (χ2v) is 8.30. The highest BCUT2D eigenvalue weighted by Crippen LogP contribution is 2.44. The Morgan fingerprint density at radius 3 is 2.81 bits per heavy atom. The van der Waals surface area contributed by atoms with Crippen LogP contribution in [0.15, 0.2) is 24.4 Å². The average molecular weight is 364 g/mol. The lowest BCUT2D eigenvalue weighted by Crippen LogP contribution is -2.48. The highest BCUT2D eigenvalue weighted by Gasteiger charge is 2.45. The predicted molar refractivity (Wildman–Crippen MR) is 107 cm³/mol. The summed E-state index contributed by atoms with van der Waals surface area (Å²) in [6.45, 7) is 5.70. The van der Waals surface area contributed by atoms with E-state index in [0.717, 1.165) is 55.8 Å². The van der Waals surface area contributed by atoms with Crippen molar-refractivity contribution in [2.75, 3.05) is 32.1 Å². The molecule has 1 fully saturated rings. The molecule has 1 aromatic heterocycles. The number of anilines is 1. The Bertz CT molecular complexity index is 888. The molecule has 2 aliphatic rings. The van der Waals surface area contributed by atoms with Gasteiger partial charge >= 0.3 is 0 Å². The second-order valence-electron chi connectivity index (χ2n) is 8.30. The van der Waals surface area contributed by atoms with E-state index in [-0.39, 0.29) is 11.3 Å². The minimum absolute atomic E-state index is 0.0192. The summed E-state index contributed by atoms with van der Waals surface area (Å²) in [5.74, 6) is 0.915. The SMILES string of the molecule is Cc1cccc(C(=O)N2CCCC3(CCc4cnc(N(C)C)nc43)C2)c1C. The smallest absolute Gasteiger partial charge is 0.254 e. The van der Waals surface area contributed by atoms with Crippen LogP contribution in [0.1, 0.15) is 52.0 Å². The zero-order chi connectivity index (χ0) is 19.2. The largest absolute Gasteiger partial charge is 0.347 e. The maximum absolute atomic E-state index is 13.3. The number of amides is 1. The van der Waals surface area contributed by atoms with Gasteiger partial charge in [-0.15, -0.1) is 0 Å². The zero-order valence-corrected chi connectivity index (χ0v) is 16.7.